The minimum Gasteiger partial charge on any atom is -0.480 e. The van der Waals surface area contributed by atoms with Crippen molar-refractivity contribution in [3.8, 4) is 0 Å². The first kappa shape index (κ1) is 16.7. The maximum absolute atomic E-state index is 11.5. The molecule has 2 aromatic rings. The lowest BCUT2D eigenvalue weighted by molar-refractivity contribution is -0.139. The summed E-state index contributed by atoms with van der Waals surface area (Å²) in [5.74, 6) is -1.50. The third-order valence-electron chi connectivity index (χ3n) is 3.61. The zero-order chi connectivity index (χ0) is 16.7. The summed E-state index contributed by atoms with van der Waals surface area (Å²) in [5.41, 5.74) is 7.06. The Balaban J connectivity index is 2.26. The summed E-state index contributed by atoms with van der Waals surface area (Å²) in [7, 11) is 0. The number of hydrogen-bond donors (Lipinski definition) is 3. The van der Waals surface area contributed by atoms with Crippen molar-refractivity contribution in [3.05, 3.63) is 71.8 Å². The topological polar surface area (TPSA) is 92.4 Å². The van der Waals surface area contributed by atoms with Gasteiger partial charge in [0.05, 0.1) is 6.04 Å². The molecule has 2 aromatic carbocycles. The van der Waals surface area contributed by atoms with Crippen LogP contribution in [0.5, 0.6) is 0 Å². The standard InChI is InChI=1S/C18H20N2O3/c19-16(21)12-11-15(18(22)23)20-17(13-7-3-1-4-8-13)14-9-5-2-6-10-14/h1-10,15,17,20H,11-12H2,(H2,19,21)(H,22,23)/t15-/m0/s1. The smallest absolute Gasteiger partial charge is 0.320 e. The van der Waals surface area contributed by atoms with Gasteiger partial charge in [0.2, 0.25) is 5.91 Å². The Morgan fingerprint density at radius 1 is 0.957 bits per heavy atom. The predicted octanol–water partition coefficient (Wildman–Crippen LogP) is 2.08. The molecule has 0 radical (unpaired) electrons. The van der Waals surface area contributed by atoms with Crippen LogP contribution in [0, 0.1) is 0 Å². The number of hydrogen-bond acceptors (Lipinski definition) is 3. The average molecular weight is 312 g/mol. The second-order valence-corrected chi connectivity index (χ2v) is 5.32. The van der Waals surface area contributed by atoms with Crippen molar-refractivity contribution in [2.75, 3.05) is 0 Å². The highest BCUT2D eigenvalue weighted by Crippen LogP contribution is 2.23. The Labute approximate surface area is 135 Å². The fourth-order valence-corrected chi connectivity index (χ4v) is 2.44. The normalized spacial score (nSPS) is 12.0. The third-order valence-corrected chi connectivity index (χ3v) is 3.61. The number of benzene rings is 2. The van der Waals surface area contributed by atoms with E-state index in [-0.39, 0.29) is 18.9 Å². The van der Waals surface area contributed by atoms with Gasteiger partial charge in [-0.05, 0) is 17.5 Å². The van der Waals surface area contributed by atoms with Crippen LogP contribution in [-0.2, 0) is 9.59 Å². The van der Waals surface area contributed by atoms with Gasteiger partial charge in [0.15, 0.2) is 0 Å². The van der Waals surface area contributed by atoms with E-state index >= 15 is 0 Å². The highest BCUT2D eigenvalue weighted by atomic mass is 16.4. The number of primary amides is 1. The molecule has 0 saturated carbocycles. The molecule has 1 atom stereocenters. The van der Waals surface area contributed by atoms with Gasteiger partial charge in [-0.3, -0.25) is 14.9 Å². The Morgan fingerprint density at radius 3 is 1.83 bits per heavy atom. The minimum absolute atomic E-state index is 0.0280. The summed E-state index contributed by atoms with van der Waals surface area (Å²) in [6, 6.07) is 18.1. The molecule has 2 rings (SSSR count). The van der Waals surface area contributed by atoms with Crippen LogP contribution in [0.25, 0.3) is 0 Å². The van der Waals surface area contributed by atoms with Crippen molar-refractivity contribution in [1.29, 1.82) is 0 Å². The molecule has 0 aliphatic carbocycles. The fraction of sp³-hybridized carbons (Fsp3) is 0.222. The molecule has 0 unspecified atom stereocenters. The van der Waals surface area contributed by atoms with E-state index in [0.717, 1.165) is 11.1 Å². The number of aliphatic carboxylic acids is 1. The second-order valence-electron chi connectivity index (χ2n) is 5.32. The number of rotatable bonds is 8. The van der Waals surface area contributed by atoms with Gasteiger partial charge in [-0.1, -0.05) is 60.7 Å². The summed E-state index contributed by atoms with van der Waals surface area (Å²) in [6.07, 6.45) is 0.182. The van der Waals surface area contributed by atoms with Gasteiger partial charge in [-0.15, -0.1) is 0 Å². The van der Waals surface area contributed by atoms with E-state index in [1.807, 2.05) is 60.7 Å². The summed E-state index contributed by atoms with van der Waals surface area (Å²) < 4.78 is 0. The summed E-state index contributed by atoms with van der Waals surface area (Å²) in [6.45, 7) is 0. The van der Waals surface area contributed by atoms with Crippen LogP contribution in [0.4, 0.5) is 0 Å². The van der Waals surface area contributed by atoms with E-state index in [4.69, 9.17) is 5.73 Å². The average Bonchev–Trinajstić information content (AvgIpc) is 2.56. The summed E-state index contributed by atoms with van der Waals surface area (Å²) >= 11 is 0. The molecule has 120 valence electrons. The van der Waals surface area contributed by atoms with Gasteiger partial charge in [-0.2, -0.15) is 0 Å². The molecule has 5 heteroatoms. The number of carboxylic acids is 1. The van der Waals surface area contributed by atoms with Crippen LogP contribution in [0.1, 0.15) is 30.0 Å². The Morgan fingerprint density at radius 2 is 1.43 bits per heavy atom. The van der Waals surface area contributed by atoms with E-state index in [9.17, 15) is 14.7 Å². The summed E-state index contributed by atoms with van der Waals surface area (Å²) in [4.78, 5) is 22.4. The largest absolute Gasteiger partial charge is 0.480 e. The quantitative estimate of drug-likeness (QED) is 0.696. The van der Waals surface area contributed by atoms with Crippen molar-refractivity contribution in [1.82, 2.24) is 5.32 Å². The first-order valence-corrected chi connectivity index (χ1v) is 7.45. The van der Waals surface area contributed by atoms with Crippen LogP contribution in [-0.4, -0.2) is 23.0 Å². The van der Waals surface area contributed by atoms with Crippen LogP contribution in [0.2, 0.25) is 0 Å². The molecule has 0 bridgehead atoms. The lowest BCUT2D eigenvalue weighted by atomic mass is 9.97. The molecule has 23 heavy (non-hydrogen) atoms. The number of carbonyl (C=O) groups is 2. The number of carboxylic acid groups (broad SMARTS) is 1. The molecule has 5 nitrogen and oxygen atoms in total. The molecule has 0 aliphatic heterocycles. The highest BCUT2D eigenvalue weighted by molar-refractivity contribution is 5.77. The molecule has 0 aliphatic rings. The number of amides is 1. The van der Waals surface area contributed by atoms with E-state index in [0.29, 0.717) is 0 Å². The SMILES string of the molecule is NC(=O)CC[C@H](NC(c1ccccc1)c1ccccc1)C(=O)O. The molecule has 1 amide bonds. The van der Waals surface area contributed by atoms with Gasteiger partial charge < -0.3 is 10.8 Å². The Hall–Kier alpha value is -2.66. The maximum Gasteiger partial charge on any atom is 0.320 e. The van der Waals surface area contributed by atoms with Crippen molar-refractivity contribution in [2.24, 2.45) is 5.73 Å². The Bertz CT molecular complexity index is 604. The fourth-order valence-electron chi connectivity index (χ4n) is 2.44. The van der Waals surface area contributed by atoms with Gasteiger partial charge >= 0.3 is 5.97 Å². The van der Waals surface area contributed by atoms with Crippen LogP contribution in [0.3, 0.4) is 0 Å². The van der Waals surface area contributed by atoms with Gasteiger partial charge in [0, 0.05) is 6.42 Å². The van der Waals surface area contributed by atoms with E-state index < -0.39 is 17.9 Å². The summed E-state index contributed by atoms with van der Waals surface area (Å²) in [5, 5.41) is 12.5. The van der Waals surface area contributed by atoms with Gasteiger partial charge in [-0.25, -0.2) is 0 Å². The van der Waals surface area contributed by atoms with Crippen LogP contribution in [0.15, 0.2) is 60.7 Å². The monoisotopic (exact) mass is 312 g/mol. The molecule has 4 N–H and O–H groups in total. The molecule has 0 aromatic heterocycles. The van der Waals surface area contributed by atoms with Crippen molar-refractivity contribution in [3.63, 3.8) is 0 Å². The lowest BCUT2D eigenvalue weighted by Crippen LogP contribution is -2.40. The first-order chi connectivity index (χ1) is 11.1. The van der Waals surface area contributed by atoms with E-state index in [1.54, 1.807) is 0 Å². The van der Waals surface area contributed by atoms with Crippen molar-refractivity contribution < 1.29 is 14.7 Å². The van der Waals surface area contributed by atoms with E-state index in [1.165, 1.54) is 0 Å². The number of carbonyl (C=O) groups excluding carboxylic acids is 1. The second kappa shape index (κ2) is 8.10. The molecule has 0 spiro atoms. The third kappa shape index (κ3) is 4.93. The number of nitrogens with two attached hydrogens (primary N) is 1. The lowest BCUT2D eigenvalue weighted by Gasteiger charge is -2.24. The van der Waals surface area contributed by atoms with Crippen molar-refractivity contribution in [2.45, 2.75) is 24.9 Å². The van der Waals surface area contributed by atoms with Gasteiger partial charge in [0.25, 0.3) is 0 Å². The molecule has 0 heterocycles. The predicted molar refractivity (Wildman–Crippen MR) is 87.7 cm³/mol. The Kier molecular flexibility index (Phi) is 5.88. The van der Waals surface area contributed by atoms with Crippen LogP contribution >= 0.6 is 0 Å². The van der Waals surface area contributed by atoms with Gasteiger partial charge in [0.1, 0.15) is 6.04 Å². The zero-order valence-corrected chi connectivity index (χ0v) is 12.7. The zero-order valence-electron chi connectivity index (χ0n) is 12.7. The highest BCUT2D eigenvalue weighted by Gasteiger charge is 2.24. The molecular formula is C18H20N2O3. The molecular weight excluding hydrogens is 292 g/mol. The molecule has 0 saturated heterocycles. The number of nitrogens with one attached hydrogen (secondary N) is 1. The maximum atomic E-state index is 11.5. The van der Waals surface area contributed by atoms with Crippen molar-refractivity contribution >= 4 is 11.9 Å². The first-order valence-electron chi connectivity index (χ1n) is 7.45. The van der Waals surface area contributed by atoms with Crippen LogP contribution < -0.4 is 11.1 Å². The minimum atomic E-state index is -0.997. The van der Waals surface area contributed by atoms with E-state index in [2.05, 4.69) is 5.32 Å². The molecule has 0 fully saturated rings.